The fourth-order valence-electron chi connectivity index (χ4n) is 9.95. The largest absolute Gasteiger partial charge is 0.147 e. The summed E-state index contributed by atoms with van der Waals surface area (Å²) in [6.07, 6.45) is 11.2. The van der Waals surface area contributed by atoms with Gasteiger partial charge in [-0.25, -0.2) is 0 Å². The molecule has 1 saturated carbocycles. The van der Waals surface area contributed by atoms with Gasteiger partial charge in [-0.15, -0.1) is 24.8 Å². The van der Waals surface area contributed by atoms with E-state index in [1.165, 1.54) is 59.1 Å². The van der Waals surface area contributed by atoms with Crippen molar-refractivity contribution in [2.24, 2.45) is 11.8 Å². The molecule has 8 rings (SSSR count). The molecule has 4 aromatic carbocycles. The van der Waals surface area contributed by atoms with Gasteiger partial charge in [0.2, 0.25) is 0 Å². The van der Waals surface area contributed by atoms with Crippen LogP contribution in [0.2, 0.25) is 7.35 Å². The number of rotatable bonds is 6. The SMILES string of the molecule is CC(C)C1=Cc2c(-c3ccccc3)cccc2[CH]1[Hf]1([CH]2C(C(C)C)=Cc3c(-c4ccccc4)cccc32)[CH]2CCCC[CH]21.Cl.Cl. The second-order valence-corrected chi connectivity index (χ2v) is 31.0. The zero-order chi connectivity index (χ0) is 29.3. The number of fused-ring (bicyclic) bond motifs is 3. The van der Waals surface area contributed by atoms with Crippen molar-refractivity contribution in [3.63, 3.8) is 0 Å². The van der Waals surface area contributed by atoms with Crippen LogP contribution in [0.5, 0.6) is 0 Å². The fraction of sp³-hybridized carbons (Fsp3) is 0.333. The Balaban J connectivity index is 0.00000179. The predicted molar refractivity (Wildman–Crippen MR) is 195 cm³/mol. The van der Waals surface area contributed by atoms with Crippen molar-refractivity contribution in [3.05, 3.63) is 130 Å². The topological polar surface area (TPSA) is 0 Å². The molecule has 0 bridgehead atoms. The minimum Gasteiger partial charge on any atom is -0.147 e. The van der Waals surface area contributed by atoms with Crippen molar-refractivity contribution in [1.82, 2.24) is 0 Å². The van der Waals surface area contributed by atoms with E-state index in [-0.39, 0.29) is 24.8 Å². The first-order valence-corrected chi connectivity index (χ1v) is 25.1. The van der Waals surface area contributed by atoms with Gasteiger partial charge in [-0.1, -0.05) is 0 Å². The van der Waals surface area contributed by atoms with Gasteiger partial charge in [0.1, 0.15) is 0 Å². The zero-order valence-electron chi connectivity index (χ0n) is 27.0. The molecule has 1 aliphatic heterocycles. The number of benzene rings is 4. The molecule has 3 aliphatic carbocycles. The van der Waals surface area contributed by atoms with Gasteiger partial charge in [0.05, 0.1) is 0 Å². The molecule has 1 heterocycles. The third-order valence-corrected chi connectivity index (χ3v) is 36.3. The quantitative estimate of drug-likeness (QED) is 0.170. The van der Waals surface area contributed by atoms with Crippen molar-refractivity contribution in [2.75, 3.05) is 0 Å². The molecule has 0 radical (unpaired) electrons. The minimum atomic E-state index is -3.22. The fourth-order valence-corrected chi connectivity index (χ4v) is 46.3. The molecular weight excluding hydrogens is 754 g/mol. The van der Waals surface area contributed by atoms with Crippen LogP contribution in [0.15, 0.2) is 108 Å². The molecule has 4 aromatic rings. The average Bonchev–Trinajstić information content (AvgIpc) is 3.32. The first-order chi connectivity index (χ1) is 21.0. The van der Waals surface area contributed by atoms with Gasteiger partial charge in [0.25, 0.3) is 0 Å². The van der Waals surface area contributed by atoms with E-state index in [2.05, 4.69) is 137 Å². The summed E-state index contributed by atoms with van der Waals surface area (Å²) in [7, 11) is 0. The molecule has 4 unspecified atom stereocenters. The first kappa shape index (κ1) is 32.7. The second-order valence-electron chi connectivity index (χ2n) is 14.3. The van der Waals surface area contributed by atoms with Crippen LogP contribution in [0.1, 0.15) is 83.0 Å². The van der Waals surface area contributed by atoms with Gasteiger partial charge < -0.3 is 0 Å². The Morgan fingerprint density at radius 2 is 0.911 bits per heavy atom. The zero-order valence-corrected chi connectivity index (χ0v) is 32.2. The molecule has 4 aliphatic rings. The van der Waals surface area contributed by atoms with E-state index in [4.69, 9.17) is 0 Å². The number of halogens is 2. The number of hydrogen-bond donors (Lipinski definition) is 0. The smallest absolute Gasteiger partial charge is 0.147 e. The Bertz CT molecular complexity index is 1620. The maximum Gasteiger partial charge on any atom is -0.147 e. The Kier molecular flexibility index (Phi) is 9.30. The van der Waals surface area contributed by atoms with Crippen molar-refractivity contribution >= 4 is 37.0 Å². The summed E-state index contributed by atoms with van der Waals surface area (Å²) < 4.78 is 3.41. The molecule has 0 spiro atoms. The van der Waals surface area contributed by atoms with Crippen LogP contribution in [0.3, 0.4) is 0 Å². The van der Waals surface area contributed by atoms with E-state index in [1.54, 1.807) is 22.3 Å². The average molecular weight is 800 g/mol. The van der Waals surface area contributed by atoms with E-state index in [1.807, 2.05) is 0 Å². The molecule has 232 valence electrons. The summed E-state index contributed by atoms with van der Waals surface area (Å²) in [6, 6.07) is 36.9. The van der Waals surface area contributed by atoms with Crippen LogP contribution in [-0.4, -0.2) is 0 Å². The van der Waals surface area contributed by atoms with E-state index in [0.29, 0.717) is 19.2 Å². The van der Waals surface area contributed by atoms with Gasteiger partial charge in [0.15, 0.2) is 0 Å². The van der Waals surface area contributed by atoms with Crippen LogP contribution in [0.4, 0.5) is 0 Å². The predicted octanol–water partition coefficient (Wildman–Crippen LogP) is 13.1. The van der Waals surface area contributed by atoms with Crippen LogP contribution in [0.25, 0.3) is 34.4 Å². The third-order valence-electron chi connectivity index (χ3n) is 11.6. The summed E-state index contributed by atoms with van der Waals surface area (Å²) in [5, 5.41) is 0. The molecule has 0 nitrogen and oxygen atoms in total. The van der Waals surface area contributed by atoms with Crippen molar-refractivity contribution in [3.8, 4) is 22.3 Å². The molecule has 4 atom stereocenters. The van der Waals surface area contributed by atoms with Gasteiger partial charge in [-0.3, -0.25) is 0 Å². The number of hydrogen-bond acceptors (Lipinski definition) is 0. The third kappa shape index (κ3) is 5.03. The molecule has 3 heteroatoms. The normalized spacial score (nSPS) is 25.8. The molecule has 0 amide bonds. The molecule has 45 heavy (non-hydrogen) atoms. The van der Waals surface area contributed by atoms with E-state index >= 15 is 0 Å². The van der Waals surface area contributed by atoms with E-state index in [9.17, 15) is 0 Å². The van der Waals surface area contributed by atoms with Crippen molar-refractivity contribution in [1.29, 1.82) is 0 Å². The standard InChI is InChI=1S/2C18H17.C6H10.2ClH.Hf/c2*1-13(2)16-11-15-9-6-10-17(18(15)12-16)14-7-4-3-5-8-14;1-2-4-6-5-3-1;;;/h2*3-13H,1-2H3;1-2H,3-6H2;2*1H;. The Morgan fingerprint density at radius 1 is 0.511 bits per heavy atom. The van der Waals surface area contributed by atoms with E-state index in [0.717, 1.165) is 7.35 Å². The van der Waals surface area contributed by atoms with Crippen LogP contribution >= 0.6 is 24.8 Å². The molecule has 2 fully saturated rings. The van der Waals surface area contributed by atoms with Gasteiger partial charge >= 0.3 is 265 Å². The van der Waals surface area contributed by atoms with Crippen LogP contribution < -0.4 is 0 Å². The van der Waals surface area contributed by atoms with Gasteiger partial charge in [0, 0.05) is 0 Å². The van der Waals surface area contributed by atoms with Gasteiger partial charge in [-0.05, 0) is 0 Å². The summed E-state index contributed by atoms with van der Waals surface area (Å²) in [4.78, 5) is 0. The summed E-state index contributed by atoms with van der Waals surface area (Å²) in [5.74, 6) is 1.15. The maximum absolute atomic E-state index is 3.22. The first-order valence-electron chi connectivity index (χ1n) is 16.8. The minimum absolute atomic E-state index is 0. The Morgan fingerprint density at radius 3 is 1.29 bits per heavy atom. The molecule has 0 aromatic heterocycles. The van der Waals surface area contributed by atoms with E-state index < -0.39 is 20.0 Å². The maximum atomic E-state index is 2.69. The summed E-state index contributed by atoms with van der Waals surface area (Å²) >= 11 is -3.22. The monoisotopic (exact) mass is 800 g/mol. The van der Waals surface area contributed by atoms with Crippen LogP contribution in [0, 0.1) is 11.8 Å². The molecule has 0 N–H and O–H groups in total. The molecular formula is C42H46Cl2Hf. The Labute approximate surface area is 287 Å². The van der Waals surface area contributed by atoms with Gasteiger partial charge in [-0.2, -0.15) is 0 Å². The van der Waals surface area contributed by atoms with Crippen molar-refractivity contribution in [2.45, 2.75) is 68.1 Å². The molecule has 1 saturated heterocycles. The van der Waals surface area contributed by atoms with Crippen LogP contribution in [-0.2, 0) is 20.0 Å². The summed E-state index contributed by atoms with van der Waals surface area (Å²) in [6.45, 7) is 9.93. The second kappa shape index (κ2) is 12.8. The Hall–Kier alpha value is -2.19. The number of allylic oxidation sites excluding steroid dienone is 2. The van der Waals surface area contributed by atoms with Crippen molar-refractivity contribution < 1.29 is 20.0 Å². The summed E-state index contributed by atoms with van der Waals surface area (Å²) in [5.41, 5.74) is 15.6.